The number of aliphatic hydroxyl groups is 2. The summed E-state index contributed by atoms with van der Waals surface area (Å²) >= 11 is 5.90. The number of hydrogen-bond acceptors (Lipinski definition) is 24. The maximum absolute atomic E-state index is 15.3. The number of amides is 11. The molecule has 1 unspecified atom stereocenters. The number of phenols is 1. The number of phenolic OH excluding ortho intramolecular Hbond substituents is 1. The minimum absolute atomic E-state index is 0.0325. The summed E-state index contributed by atoms with van der Waals surface area (Å²) in [7, 11) is 1.71. The van der Waals surface area contributed by atoms with Gasteiger partial charge in [0.25, 0.3) is 0 Å². The molecular weight excluding hydrogens is 1510 g/mol. The number of carboxylic acid groups (broad SMARTS) is 1. The number of thiocarbonyl (C=S) groups is 1. The van der Waals surface area contributed by atoms with E-state index in [1.54, 1.807) is 94.9 Å². The Morgan fingerprint density at radius 1 is 0.607 bits per heavy atom. The molecule has 2 saturated heterocycles. The molecule has 2 fully saturated rings. The van der Waals surface area contributed by atoms with E-state index in [9.17, 15) is 58.8 Å². The number of hydrogen-bond donors (Lipinski definition) is 20. The maximum atomic E-state index is 15.3. The van der Waals surface area contributed by atoms with Crippen LogP contribution in [0.3, 0.4) is 0 Å². The average molecular weight is 1610 g/mol. The van der Waals surface area contributed by atoms with Gasteiger partial charge in [-0.25, -0.2) is 4.79 Å². The minimum atomic E-state index is -1.90. The zero-order chi connectivity index (χ0) is 81.7. The van der Waals surface area contributed by atoms with Crippen LogP contribution >= 0.6 is 33.8 Å². The molecule has 112 heavy (non-hydrogen) atoms. The summed E-state index contributed by atoms with van der Waals surface area (Å²) in [4.78, 5) is 176. The first kappa shape index (κ1) is 89.1. The molecule has 12 atom stereocenters. The number of rotatable bonds is 29. The highest BCUT2D eigenvalue weighted by molar-refractivity contribution is 8.76. The number of aromatic amines is 1. The summed E-state index contributed by atoms with van der Waals surface area (Å²) in [6.45, 7) is 3.81. The predicted molar refractivity (Wildman–Crippen MR) is 424 cm³/mol. The fraction of sp³-hybridized carbons (Fsp3) is 0.466. The van der Waals surface area contributed by atoms with Crippen LogP contribution in [0.5, 0.6) is 5.75 Å². The molecule has 5 aromatic rings. The summed E-state index contributed by atoms with van der Waals surface area (Å²) in [5.41, 5.74) is 39.0. The van der Waals surface area contributed by atoms with Gasteiger partial charge in [-0.3, -0.25) is 72.3 Å². The zero-order valence-electron chi connectivity index (χ0n) is 62.1. The lowest BCUT2D eigenvalue weighted by Gasteiger charge is -2.38. The van der Waals surface area contributed by atoms with Gasteiger partial charge >= 0.3 is 5.97 Å². The van der Waals surface area contributed by atoms with Crippen LogP contribution in [0.2, 0.25) is 0 Å². The smallest absolute Gasteiger partial charge is 0.328 e. The Hall–Kier alpha value is -10.1. The van der Waals surface area contributed by atoms with Gasteiger partial charge in [0.1, 0.15) is 48.0 Å². The molecule has 7 rings (SSSR count). The number of aliphatic carboxylic acids is 1. The Kier molecular flexibility index (Phi) is 35.2. The molecule has 0 spiro atoms. The van der Waals surface area contributed by atoms with Gasteiger partial charge in [-0.2, -0.15) is 0 Å². The number of nitrogens with one attached hydrogen (secondary N) is 10. The maximum Gasteiger partial charge on any atom is 0.328 e. The van der Waals surface area contributed by atoms with Gasteiger partial charge in [0.05, 0.1) is 44.4 Å². The van der Waals surface area contributed by atoms with Crippen molar-refractivity contribution in [2.24, 2.45) is 34.4 Å². The topological polar surface area (TPSA) is 579 Å². The number of aliphatic hydroxyl groups excluding tert-OH is 2. The highest BCUT2D eigenvalue weighted by atomic mass is 33.1. The summed E-state index contributed by atoms with van der Waals surface area (Å²) in [5, 5.41) is 66.9. The zero-order valence-corrected chi connectivity index (χ0v) is 64.6. The molecular formula is C73H102N20O16S3. The summed E-state index contributed by atoms with van der Waals surface area (Å²) in [6, 6.07) is 13.4. The molecule has 3 heterocycles. The number of primary amides is 4. The number of carbonyl (C=O) groups excluding carboxylic acids is 11. The van der Waals surface area contributed by atoms with Gasteiger partial charge < -0.3 is 108 Å². The second-order valence-electron chi connectivity index (χ2n) is 27.6. The third-order valence-electron chi connectivity index (χ3n) is 18.7. The lowest BCUT2D eigenvalue weighted by molar-refractivity contribution is -0.145. The van der Waals surface area contributed by atoms with Gasteiger partial charge in [0.2, 0.25) is 65.0 Å². The quantitative estimate of drug-likeness (QED) is 0.0122. The van der Waals surface area contributed by atoms with Crippen molar-refractivity contribution in [2.45, 2.75) is 125 Å². The first-order valence-corrected chi connectivity index (χ1v) is 39.2. The van der Waals surface area contributed by atoms with Gasteiger partial charge in [-0.15, -0.1) is 0 Å². The number of nitrogens with two attached hydrogens (primary N) is 6. The van der Waals surface area contributed by atoms with Crippen molar-refractivity contribution >= 4 is 126 Å². The molecule has 26 N–H and O–H groups in total. The summed E-state index contributed by atoms with van der Waals surface area (Å²) in [6.07, 6.45) is -1.36. The van der Waals surface area contributed by atoms with Gasteiger partial charge in [0, 0.05) is 99.0 Å². The van der Waals surface area contributed by atoms with Crippen LogP contribution < -0.4 is 82.3 Å². The van der Waals surface area contributed by atoms with E-state index in [0.29, 0.717) is 65.8 Å². The van der Waals surface area contributed by atoms with Crippen molar-refractivity contribution in [3.63, 3.8) is 0 Å². The monoisotopic (exact) mass is 1610 g/mol. The fourth-order valence-electron chi connectivity index (χ4n) is 12.8. The Bertz CT molecular complexity index is 4060. The van der Waals surface area contributed by atoms with Gasteiger partial charge in [-0.1, -0.05) is 94.4 Å². The molecule has 608 valence electrons. The van der Waals surface area contributed by atoms with Crippen molar-refractivity contribution in [3.05, 3.63) is 132 Å². The third kappa shape index (κ3) is 28.6. The van der Waals surface area contributed by atoms with Crippen LogP contribution in [0.4, 0.5) is 5.69 Å². The van der Waals surface area contributed by atoms with E-state index < -0.39 is 155 Å². The number of aromatic nitrogens is 1. The summed E-state index contributed by atoms with van der Waals surface area (Å²) in [5.74, 6) is -12.0. The van der Waals surface area contributed by atoms with Crippen molar-refractivity contribution in [2.75, 3.05) is 95.4 Å². The van der Waals surface area contributed by atoms with E-state index in [-0.39, 0.29) is 95.4 Å². The number of benzene rings is 4. The largest absolute Gasteiger partial charge is 0.508 e. The Morgan fingerprint density at radius 3 is 1.76 bits per heavy atom. The molecule has 36 nitrogen and oxygen atoms in total. The standard InChI is InChI=1S/C73H102N20O16S3/c1-41(94)62-71(107)86-56(69(105)88-63(42(2)95)72(108)109)40-112-111-39-55(68(104)83-53(31-44-17-21-49(96)22-18-44)66(102)84-54(32-46-33-80-51-13-7-6-12-50(46)51)67(103)82-52(65(101)87-62)14-8-9-23-74)85-70(106)61(79)64(45-10-4-3-5-11-45)89-73(110)81-47-19-15-43(16-20-47)30-48-34-92(37-59(77)99)27-26-90(35-57(75)97)24-25-91(36-58(76)98)28-29-93(48)38-60(78)100/h3-7,10-13,15-22,33,41-42,48,52-56,61-64,80,94-96H,8-9,14,23-32,34-40,74,79H2,1-2H3,(H2,75,97)(H2,76,98)(H2,77,99)(H2,78,100)(H,82,103)(H,83,104)(H,84,102)(H,85,106)(H,86,107)(H,87,101)(H,88,105)(H,108,109)(H2,81,89,110)/t41-,42-,48+,52+,53+,54-,55+,56+,61-,62+,63+,64?/m1/s1. The van der Waals surface area contributed by atoms with E-state index in [0.717, 1.165) is 34.1 Å². The molecule has 39 heteroatoms. The molecule has 11 amide bonds. The number of fused-ring (bicyclic) bond motifs is 1. The fourth-order valence-corrected chi connectivity index (χ4v) is 15.4. The second-order valence-corrected chi connectivity index (χ2v) is 30.5. The van der Waals surface area contributed by atoms with E-state index in [4.69, 9.17) is 46.6 Å². The number of carboxylic acids is 1. The number of unbranched alkanes of at least 4 members (excludes halogenated alkanes) is 1. The van der Waals surface area contributed by atoms with E-state index in [1.165, 1.54) is 31.2 Å². The van der Waals surface area contributed by atoms with Crippen molar-refractivity contribution in [1.29, 1.82) is 0 Å². The van der Waals surface area contributed by atoms with E-state index >= 15 is 19.2 Å². The Labute approximate surface area is 660 Å². The van der Waals surface area contributed by atoms with Gasteiger partial charge in [0.15, 0.2) is 11.2 Å². The van der Waals surface area contributed by atoms with Crippen molar-refractivity contribution in [3.8, 4) is 5.75 Å². The number of anilines is 1. The molecule has 0 saturated carbocycles. The molecule has 2 aliphatic rings. The third-order valence-corrected chi connectivity index (χ3v) is 21.3. The molecule has 4 aromatic carbocycles. The lowest BCUT2D eigenvalue weighted by atomic mass is 9.99. The number of nitrogens with zero attached hydrogens (tertiary/aromatic N) is 4. The molecule has 2 aliphatic heterocycles. The normalized spacial score (nSPS) is 21.7. The molecule has 0 bridgehead atoms. The van der Waals surface area contributed by atoms with Crippen LogP contribution in [0, 0.1) is 0 Å². The highest BCUT2D eigenvalue weighted by Gasteiger charge is 2.39. The minimum Gasteiger partial charge on any atom is -0.508 e. The van der Waals surface area contributed by atoms with Crippen LogP contribution in [0.25, 0.3) is 10.9 Å². The predicted octanol–water partition coefficient (Wildman–Crippen LogP) is -4.45. The Morgan fingerprint density at radius 2 is 1.15 bits per heavy atom. The van der Waals surface area contributed by atoms with E-state index in [2.05, 4.69) is 52.8 Å². The molecule has 0 aliphatic carbocycles. The van der Waals surface area contributed by atoms with E-state index in [1.807, 2.05) is 9.80 Å². The SMILES string of the molecule is C[C@@H](O)[C@H](NC(=O)[C@@H]1CSSC[C@H](NC(=O)[C@H](N)C(NC(=S)Nc2ccc(C[C@H]3CN(CC(N)=O)CCN(CC(N)=O)CCN(CC(N)=O)CCN3CC(N)=O)cc2)c2ccccc2)C(=O)N[C@@H](Cc2ccc(O)cc2)C(=O)N[C@H](Cc2c[nH]c3ccccc23)C(=O)N[C@@H](CCCCN)C(=O)N[C@@H]([C@@H](C)O)C(=O)N1)C(=O)O. The lowest BCUT2D eigenvalue weighted by Crippen LogP contribution is -2.62. The van der Waals surface area contributed by atoms with Crippen LogP contribution in [-0.2, 0) is 76.8 Å². The number of para-hydroxylation sites is 1. The molecule has 1 aromatic heterocycles. The number of H-pyrrole nitrogens is 1. The number of carbonyl (C=O) groups is 12. The van der Waals surface area contributed by atoms with Crippen molar-refractivity contribution < 1.29 is 78.0 Å². The van der Waals surface area contributed by atoms with Crippen LogP contribution in [0.15, 0.2) is 109 Å². The summed E-state index contributed by atoms with van der Waals surface area (Å²) < 4.78 is 0. The molecule has 0 radical (unpaired) electrons. The van der Waals surface area contributed by atoms with Crippen molar-refractivity contribution in [1.82, 2.24) is 67.1 Å². The van der Waals surface area contributed by atoms with Crippen LogP contribution in [0.1, 0.15) is 61.4 Å². The Balaban J connectivity index is 1.21. The first-order valence-electron chi connectivity index (χ1n) is 36.3. The first-order chi connectivity index (χ1) is 53.3. The second kappa shape index (κ2) is 44.2. The average Bonchev–Trinajstić information content (AvgIpc) is 1.41. The van der Waals surface area contributed by atoms with Gasteiger partial charge in [-0.05, 0) is 111 Å². The van der Waals surface area contributed by atoms with Crippen LogP contribution in [-0.4, -0.2) is 278 Å². The highest BCUT2D eigenvalue weighted by Crippen LogP contribution is 2.26. The number of aromatic hydroxyl groups is 1.